The molecule has 3 nitrogen and oxygen atoms in total. The van der Waals surface area contributed by atoms with E-state index in [-0.39, 0.29) is 19.0 Å². The Morgan fingerprint density at radius 2 is 1.92 bits per heavy atom. The number of rotatable bonds is 3. The summed E-state index contributed by atoms with van der Waals surface area (Å²) in [5, 5.41) is 0.397. The quantitative estimate of drug-likeness (QED) is 0.569. The second-order valence-electron chi connectivity index (χ2n) is 3.19. The van der Waals surface area contributed by atoms with E-state index in [1.54, 1.807) is 21.3 Å². The van der Waals surface area contributed by atoms with Crippen molar-refractivity contribution in [3.05, 3.63) is 0 Å². The molecule has 0 amide bonds. The smallest absolute Gasteiger partial charge is 0.360 e. The van der Waals surface area contributed by atoms with E-state index >= 15 is 0 Å². The van der Waals surface area contributed by atoms with Crippen LogP contribution >= 0.6 is 0 Å². The van der Waals surface area contributed by atoms with Gasteiger partial charge in [-0.25, -0.2) is 0 Å². The zero-order valence-electron chi connectivity index (χ0n) is 8.13. The number of methoxy groups -OCH3 is 1. The third-order valence-corrected chi connectivity index (χ3v) is 16.7. The van der Waals surface area contributed by atoms with Gasteiger partial charge in [0.25, 0.3) is 0 Å². The fourth-order valence-electron chi connectivity index (χ4n) is 1.93. The average molecular weight is 222 g/mol. The van der Waals surface area contributed by atoms with Crippen LogP contribution in [0.3, 0.4) is 0 Å². The van der Waals surface area contributed by atoms with Gasteiger partial charge in [0.1, 0.15) is 0 Å². The van der Waals surface area contributed by atoms with Crippen molar-refractivity contribution in [1.29, 1.82) is 0 Å². The molecule has 72 valence electrons. The van der Waals surface area contributed by atoms with Crippen LogP contribution in [0.25, 0.3) is 0 Å². The van der Waals surface area contributed by atoms with Crippen molar-refractivity contribution in [3.63, 3.8) is 0 Å². The van der Waals surface area contributed by atoms with E-state index in [1.807, 2.05) is 0 Å². The Morgan fingerprint density at radius 3 is 2.33 bits per heavy atom. The lowest BCUT2D eigenvalue weighted by Gasteiger charge is -2.37. The van der Waals surface area contributed by atoms with Crippen LogP contribution < -0.4 is 0 Å². The van der Waals surface area contributed by atoms with Crippen molar-refractivity contribution in [1.82, 2.24) is 0 Å². The van der Waals surface area contributed by atoms with Gasteiger partial charge in [-0.1, -0.05) is 5.67 Å². The van der Waals surface area contributed by atoms with E-state index in [2.05, 4.69) is 0 Å². The van der Waals surface area contributed by atoms with Crippen LogP contribution in [-0.4, -0.2) is 54.3 Å². The Balaban J connectivity index is 2.66. The molecule has 1 aliphatic rings. The maximum Gasteiger partial charge on any atom is 0.360 e. The Labute approximate surface area is 79.7 Å². The second-order valence-corrected chi connectivity index (χ2v) is 13.9. The molecule has 1 fully saturated rings. The largest absolute Gasteiger partial charge is 0.396 e. The van der Waals surface area contributed by atoms with Crippen LogP contribution in [0.2, 0.25) is 11.3 Å². The fourth-order valence-corrected chi connectivity index (χ4v) is 20.4. The Kier molecular flexibility index (Phi) is 4.14. The summed E-state index contributed by atoms with van der Waals surface area (Å²) in [6, 6.07) is 0. The summed E-state index contributed by atoms with van der Waals surface area (Å²) in [6.07, 6.45) is 0. The summed E-state index contributed by atoms with van der Waals surface area (Å²) < 4.78 is 16.7. The van der Waals surface area contributed by atoms with E-state index in [0.717, 1.165) is 0 Å². The van der Waals surface area contributed by atoms with Crippen LogP contribution in [0, 0.1) is 0 Å². The number of ether oxygens (including phenoxy) is 1. The molecule has 0 radical (unpaired) electrons. The van der Waals surface area contributed by atoms with Gasteiger partial charge < -0.3 is 13.6 Å². The highest BCUT2D eigenvalue weighted by molar-refractivity contribution is 6.89. The SMILES string of the molecule is COC1[SiH2]C[SiH2]C[Si]1(OC)OC. The fraction of sp³-hybridized carbons (Fsp3) is 1.00. The highest BCUT2D eigenvalue weighted by Crippen LogP contribution is 2.22. The van der Waals surface area contributed by atoms with Gasteiger partial charge in [0, 0.05) is 30.8 Å². The molecule has 1 aliphatic heterocycles. The summed E-state index contributed by atoms with van der Waals surface area (Å²) in [5.74, 6) is 0. The molecule has 0 spiro atoms. The van der Waals surface area contributed by atoms with Crippen molar-refractivity contribution in [2.24, 2.45) is 0 Å². The maximum absolute atomic E-state index is 5.59. The molecular formula is C6H18O3Si3. The molecule has 1 saturated heterocycles. The monoisotopic (exact) mass is 222 g/mol. The molecule has 6 heteroatoms. The minimum atomic E-state index is -1.86. The predicted molar refractivity (Wildman–Crippen MR) is 57.3 cm³/mol. The van der Waals surface area contributed by atoms with Crippen LogP contribution in [0.5, 0.6) is 0 Å². The molecule has 1 heterocycles. The van der Waals surface area contributed by atoms with Gasteiger partial charge >= 0.3 is 8.56 Å². The molecular weight excluding hydrogens is 204 g/mol. The third-order valence-electron chi connectivity index (χ3n) is 2.71. The number of hydrogen-bond donors (Lipinski definition) is 0. The van der Waals surface area contributed by atoms with Gasteiger partial charge in [-0.2, -0.15) is 0 Å². The second kappa shape index (κ2) is 4.68. The first-order valence-corrected chi connectivity index (χ1v) is 10.3. The first-order valence-electron chi connectivity index (χ1n) is 4.42. The van der Waals surface area contributed by atoms with Crippen molar-refractivity contribution in [3.8, 4) is 0 Å². The van der Waals surface area contributed by atoms with E-state index in [4.69, 9.17) is 13.6 Å². The predicted octanol–water partition coefficient (Wildman–Crippen LogP) is -1.08. The van der Waals surface area contributed by atoms with Crippen molar-refractivity contribution in [2.45, 2.75) is 16.7 Å². The minimum Gasteiger partial charge on any atom is -0.396 e. The van der Waals surface area contributed by atoms with Crippen LogP contribution in [-0.2, 0) is 13.6 Å². The Bertz CT molecular complexity index is 140. The van der Waals surface area contributed by atoms with Crippen molar-refractivity contribution < 1.29 is 13.6 Å². The lowest BCUT2D eigenvalue weighted by molar-refractivity contribution is 0.141. The highest BCUT2D eigenvalue weighted by atomic mass is 28.4. The first-order chi connectivity index (χ1) is 5.79. The molecule has 0 aliphatic carbocycles. The molecule has 0 aromatic rings. The van der Waals surface area contributed by atoms with Crippen LogP contribution in [0.1, 0.15) is 0 Å². The van der Waals surface area contributed by atoms with Crippen molar-refractivity contribution >= 4 is 27.6 Å². The van der Waals surface area contributed by atoms with Crippen LogP contribution in [0.4, 0.5) is 0 Å². The molecule has 0 aromatic heterocycles. The van der Waals surface area contributed by atoms with E-state index in [9.17, 15) is 0 Å². The van der Waals surface area contributed by atoms with Gasteiger partial charge in [0.05, 0.1) is 14.9 Å². The maximum atomic E-state index is 5.59. The number of hydrogen-bond acceptors (Lipinski definition) is 3. The molecule has 1 rings (SSSR count). The molecule has 0 aromatic carbocycles. The standard InChI is InChI=1S/C6H18O3Si3/c1-7-6-11-4-10-5-12(6,8-2)9-3/h6H,4-5,10-11H2,1-3H3. The summed E-state index contributed by atoms with van der Waals surface area (Å²) in [4.78, 5) is 0. The Hall–Kier alpha value is 0.531. The van der Waals surface area contributed by atoms with Gasteiger partial charge in [-0.3, -0.25) is 0 Å². The average Bonchev–Trinajstić information content (AvgIpc) is 2.17. The summed E-state index contributed by atoms with van der Waals surface area (Å²) in [6.45, 7) is 0. The van der Waals surface area contributed by atoms with Gasteiger partial charge in [0.15, 0.2) is 0 Å². The van der Waals surface area contributed by atoms with E-state index in [0.29, 0.717) is 5.35 Å². The van der Waals surface area contributed by atoms with Gasteiger partial charge in [-0.15, -0.1) is 0 Å². The summed E-state index contributed by atoms with van der Waals surface area (Å²) in [7, 11) is 3.59. The summed E-state index contributed by atoms with van der Waals surface area (Å²) >= 11 is 0. The van der Waals surface area contributed by atoms with Gasteiger partial charge in [-0.05, 0) is 5.67 Å². The third kappa shape index (κ3) is 1.88. The summed E-state index contributed by atoms with van der Waals surface area (Å²) in [5.41, 5.74) is 2.76. The van der Waals surface area contributed by atoms with Gasteiger partial charge in [0.2, 0.25) is 0 Å². The minimum absolute atomic E-state index is 0.0524. The zero-order valence-corrected chi connectivity index (χ0v) is 12.0. The van der Waals surface area contributed by atoms with E-state index in [1.165, 1.54) is 11.3 Å². The zero-order chi connectivity index (χ0) is 9.03. The highest BCUT2D eigenvalue weighted by Gasteiger charge is 2.46. The molecule has 0 saturated carbocycles. The lowest BCUT2D eigenvalue weighted by atomic mass is 11.5. The van der Waals surface area contributed by atoms with Crippen LogP contribution in [0.15, 0.2) is 0 Å². The van der Waals surface area contributed by atoms with E-state index < -0.39 is 8.56 Å². The molecule has 0 bridgehead atoms. The molecule has 0 N–H and O–H groups in total. The normalized spacial score (nSPS) is 32.8. The molecule has 12 heavy (non-hydrogen) atoms. The van der Waals surface area contributed by atoms with Crippen molar-refractivity contribution in [2.75, 3.05) is 21.3 Å². The topological polar surface area (TPSA) is 27.7 Å². The molecule has 1 unspecified atom stereocenters. The molecule has 1 atom stereocenters. The Morgan fingerprint density at radius 1 is 1.25 bits per heavy atom. The lowest BCUT2D eigenvalue weighted by Crippen LogP contribution is -2.59. The first kappa shape index (κ1) is 10.6.